The number of likely N-dealkylation sites (tertiary alicyclic amines) is 1. The molecule has 0 radical (unpaired) electrons. The molecule has 0 aliphatic carbocycles. The first kappa shape index (κ1) is 19.2. The number of alkyl halides is 3. The highest BCUT2D eigenvalue weighted by atomic mass is 32.2. The van der Waals surface area contributed by atoms with E-state index >= 15 is 0 Å². The van der Waals surface area contributed by atoms with Gasteiger partial charge >= 0.3 is 6.18 Å². The number of piperidine rings is 1. The molecule has 0 saturated carbocycles. The van der Waals surface area contributed by atoms with E-state index in [1.165, 1.54) is 11.0 Å². The zero-order chi connectivity index (χ0) is 17.8. The van der Waals surface area contributed by atoms with Crippen LogP contribution in [0, 0.1) is 0 Å². The molecule has 2 rings (SSSR count). The van der Waals surface area contributed by atoms with Gasteiger partial charge in [-0.05, 0) is 24.3 Å². The third kappa shape index (κ3) is 5.72. The largest absolute Gasteiger partial charge is 0.411 e. The Morgan fingerprint density at radius 3 is 2.58 bits per heavy atom. The van der Waals surface area contributed by atoms with Crippen LogP contribution < -0.4 is 4.72 Å². The second kappa shape index (κ2) is 7.81. The third-order valence-electron chi connectivity index (χ3n) is 3.42. The van der Waals surface area contributed by atoms with Crippen molar-refractivity contribution in [2.45, 2.75) is 29.3 Å². The fraction of sp³-hybridized carbons (Fsp3) is 0.615. The predicted octanol–water partition coefficient (Wildman–Crippen LogP) is 1.60. The van der Waals surface area contributed by atoms with Gasteiger partial charge in [0, 0.05) is 19.1 Å². The topological polar surface area (TPSA) is 75.7 Å². The van der Waals surface area contributed by atoms with E-state index in [4.69, 9.17) is 0 Å². The van der Waals surface area contributed by atoms with E-state index in [-0.39, 0.29) is 23.3 Å². The summed E-state index contributed by atoms with van der Waals surface area (Å²) in [6, 6.07) is 2.84. The molecule has 1 aliphatic rings. The van der Waals surface area contributed by atoms with Crippen LogP contribution in [0.2, 0.25) is 0 Å². The number of nitrogens with zero attached hydrogens (tertiary/aromatic N) is 1. The molecule has 1 amide bonds. The van der Waals surface area contributed by atoms with E-state index in [1.54, 1.807) is 11.4 Å². The molecule has 1 aromatic heterocycles. The summed E-state index contributed by atoms with van der Waals surface area (Å²) in [5.41, 5.74) is 0. The van der Waals surface area contributed by atoms with Crippen molar-refractivity contribution < 1.29 is 31.1 Å². The second-order valence-corrected chi connectivity index (χ2v) is 8.20. The van der Waals surface area contributed by atoms with Crippen molar-refractivity contribution >= 4 is 27.3 Å². The van der Waals surface area contributed by atoms with Crippen LogP contribution in [0.1, 0.15) is 12.8 Å². The van der Waals surface area contributed by atoms with Crippen molar-refractivity contribution in [1.29, 1.82) is 0 Å². The summed E-state index contributed by atoms with van der Waals surface area (Å²) in [7, 11) is -3.57. The molecular formula is C13H17F3N2O4S2. The van der Waals surface area contributed by atoms with Crippen LogP contribution in [0.3, 0.4) is 0 Å². The molecule has 1 aromatic rings. The monoisotopic (exact) mass is 386 g/mol. The number of carbonyl (C=O) groups is 1. The van der Waals surface area contributed by atoms with Crippen LogP contribution in [-0.4, -0.2) is 57.7 Å². The highest BCUT2D eigenvalue weighted by Crippen LogP contribution is 2.19. The van der Waals surface area contributed by atoms with E-state index in [0.717, 1.165) is 11.3 Å². The van der Waals surface area contributed by atoms with Gasteiger partial charge in [-0.15, -0.1) is 11.3 Å². The maximum atomic E-state index is 12.1. The van der Waals surface area contributed by atoms with Gasteiger partial charge in [0.05, 0.1) is 0 Å². The molecular weight excluding hydrogens is 369 g/mol. The Kier molecular flexibility index (Phi) is 6.23. The Morgan fingerprint density at radius 1 is 1.38 bits per heavy atom. The van der Waals surface area contributed by atoms with Crippen molar-refractivity contribution in [2.24, 2.45) is 0 Å². The summed E-state index contributed by atoms with van der Waals surface area (Å²) in [6.45, 7) is -1.56. The number of halogens is 3. The van der Waals surface area contributed by atoms with Gasteiger partial charge in [-0.2, -0.15) is 13.2 Å². The summed E-state index contributed by atoms with van der Waals surface area (Å²) >= 11 is 1.11. The molecule has 1 fully saturated rings. The number of thiophene rings is 1. The van der Waals surface area contributed by atoms with Crippen LogP contribution in [0.4, 0.5) is 13.2 Å². The van der Waals surface area contributed by atoms with E-state index in [9.17, 15) is 26.4 Å². The SMILES string of the molecule is O=C(COCC(F)(F)F)N1CCC(NS(=O)(=O)c2cccs2)CC1. The van der Waals surface area contributed by atoms with Gasteiger partial charge in [-0.1, -0.05) is 6.07 Å². The number of carbonyl (C=O) groups excluding carboxylic acids is 1. The Morgan fingerprint density at radius 2 is 2.04 bits per heavy atom. The van der Waals surface area contributed by atoms with E-state index < -0.39 is 35.3 Å². The molecule has 1 N–H and O–H groups in total. The number of hydrogen-bond donors (Lipinski definition) is 1. The van der Waals surface area contributed by atoms with Gasteiger partial charge in [-0.25, -0.2) is 13.1 Å². The molecule has 6 nitrogen and oxygen atoms in total. The minimum atomic E-state index is -4.46. The van der Waals surface area contributed by atoms with E-state index in [1.807, 2.05) is 0 Å². The van der Waals surface area contributed by atoms with Gasteiger partial charge in [0.2, 0.25) is 15.9 Å². The highest BCUT2D eigenvalue weighted by Gasteiger charge is 2.30. The maximum Gasteiger partial charge on any atom is 0.411 e. The summed E-state index contributed by atoms with van der Waals surface area (Å²) in [4.78, 5) is 13.1. The van der Waals surface area contributed by atoms with Crippen molar-refractivity contribution in [3.05, 3.63) is 17.5 Å². The lowest BCUT2D eigenvalue weighted by molar-refractivity contribution is -0.178. The van der Waals surface area contributed by atoms with Crippen LogP contribution in [0.5, 0.6) is 0 Å². The van der Waals surface area contributed by atoms with Gasteiger partial charge < -0.3 is 9.64 Å². The Balaban J connectivity index is 1.76. The first-order chi connectivity index (χ1) is 11.2. The smallest absolute Gasteiger partial charge is 0.362 e. The summed E-state index contributed by atoms with van der Waals surface area (Å²) in [6.07, 6.45) is -3.67. The van der Waals surface area contributed by atoms with Gasteiger partial charge in [-0.3, -0.25) is 4.79 Å². The van der Waals surface area contributed by atoms with Crippen LogP contribution in [-0.2, 0) is 19.6 Å². The minimum absolute atomic E-state index is 0.224. The number of sulfonamides is 1. The van der Waals surface area contributed by atoms with E-state index in [2.05, 4.69) is 9.46 Å². The number of hydrogen-bond acceptors (Lipinski definition) is 5. The molecule has 1 saturated heterocycles. The van der Waals surface area contributed by atoms with Gasteiger partial charge in [0.25, 0.3) is 0 Å². The standard InChI is InChI=1S/C13H17F3N2O4S2/c14-13(15,16)9-22-8-11(19)18-5-3-10(4-6-18)17-24(20,21)12-2-1-7-23-12/h1-2,7,10,17H,3-6,8-9H2. The van der Waals surface area contributed by atoms with Gasteiger partial charge in [0.15, 0.2) is 0 Å². The average Bonchev–Trinajstić information content (AvgIpc) is 3.01. The number of amides is 1. The fourth-order valence-electron chi connectivity index (χ4n) is 2.29. The number of nitrogens with one attached hydrogen (secondary N) is 1. The molecule has 0 unspecified atom stereocenters. The van der Waals surface area contributed by atoms with E-state index in [0.29, 0.717) is 12.8 Å². The van der Waals surface area contributed by atoms with Crippen LogP contribution in [0.15, 0.2) is 21.7 Å². The minimum Gasteiger partial charge on any atom is -0.362 e. The zero-order valence-electron chi connectivity index (χ0n) is 12.6. The number of ether oxygens (including phenoxy) is 1. The highest BCUT2D eigenvalue weighted by molar-refractivity contribution is 7.91. The molecule has 0 atom stereocenters. The normalized spacial score (nSPS) is 17.2. The fourth-order valence-corrected chi connectivity index (χ4v) is 4.60. The Labute approximate surface area is 141 Å². The molecule has 1 aliphatic heterocycles. The zero-order valence-corrected chi connectivity index (χ0v) is 14.2. The first-order valence-corrected chi connectivity index (χ1v) is 9.52. The molecule has 0 aromatic carbocycles. The molecule has 136 valence electrons. The summed E-state index contributed by atoms with van der Waals surface area (Å²) in [5.74, 6) is -0.529. The molecule has 0 spiro atoms. The van der Waals surface area contributed by atoms with Crippen LogP contribution in [0.25, 0.3) is 0 Å². The Hall–Kier alpha value is -1.17. The first-order valence-electron chi connectivity index (χ1n) is 7.15. The van der Waals surface area contributed by atoms with Crippen molar-refractivity contribution in [3.63, 3.8) is 0 Å². The lowest BCUT2D eigenvalue weighted by Crippen LogP contribution is -2.47. The van der Waals surface area contributed by atoms with Crippen molar-refractivity contribution in [1.82, 2.24) is 9.62 Å². The molecule has 2 heterocycles. The van der Waals surface area contributed by atoms with Crippen molar-refractivity contribution in [3.8, 4) is 0 Å². The summed E-state index contributed by atoms with van der Waals surface area (Å²) < 4.78 is 67.2. The number of rotatable bonds is 6. The molecule has 11 heteroatoms. The predicted molar refractivity (Wildman–Crippen MR) is 81.1 cm³/mol. The molecule has 24 heavy (non-hydrogen) atoms. The summed E-state index contributed by atoms with van der Waals surface area (Å²) in [5, 5.41) is 1.66. The Bertz CT molecular complexity index is 639. The average molecular weight is 386 g/mol. The van der Waals surface area contributed by atoms with Gasteiger partial charge in [0.1, 0.15) is 17.4 Å². The lowest BCUT2D eigenvalue weighted by atomic mass is 10.1. The van der Waals surface area contributed by atoms with Crippen LogP contribution >= 0.6 is 11.3 Å². The maximum absolute atomic E-state index is 12.1. The second-order valence-electron chi connectivity index (χ2n) is 5.32. The molecule has 0 bridgehead atoms. The third-order valence-corrected chi connectivity index (χ3v) is 6.34. The van der Waals surface area contributed by atoms with Crippen molar-refractivity contribution in [2.75, 3.05) is 26.3 Å². The quantitative estimate of drug-likeness (QED) is 0.806. The lowest BCUT2D eigenvalue weighted by Gasteiger charge is -2.32.